The van der Waals surface area contributed by atoms with Gasteiger partial charge in [-0.15, -0.1) is 0 Å². The molecule has 0 saturated carbocycles. The van der Waals surface area contributed by atoms with Crippen molar-refractivity contribution in [2.45, 2.75) is 65.6 Å². The third kappa shape index (κ3) is 9.82. The van der Waals surface area contributed by atoms with Crippen LogP contribution in [0.25, 0.3) is 0 Å². The van der Waals surface area contributed by atoms with Crippen molar-refractivity contribution in [1.82, 2.24) is 0 Å². The van der Waals surface area contributed by atoms with Crippen LogP contribution in [0, 0.1) is 0 Å². The van der Waals surface area contributed by atoms with Crippen molar-refractivity contribution < 1.29 is 9.78 Å². The minimum Gasteiger partial charge on any atom is -0.234 e. The lowest BCUT2D eigenvalue weighted by molar-refractivity contribution is -0.352. The summed E-state index contributed by atoms with van der Waals surface area (Å²) in [7, 11) is 0. The first-order valence-electron chi connectivity index (χ1n) is 5.51. The van der Waals surface area contributed by atoms with Gasteiger partial charge in [0.1, 0.15) is 0 Å². The molecule has 0 heterocycles. The second-order valence-electron chi connectivity index (χ2n) is 5.08. The quantitative estimate of drug-likeness (QED) is 0.294. The highest BCUT2D eigenvalue weighted by molar-refractivity contribution is 4.70. The minimum absolute atomic E-state index is 0.177. The molecule has 0 aliphatic rings. The summed E-state index contributed by atoms with van der Waals surface area (Å²) < 4.78 is 0. The Morgan fingerprint density at radius 3 is 2.07 bits per heavy atom. The third-order valence-electron chi connectivity index (χ3n) is 1.43. The lowest BCUT2D eigenvalue weighted by Gasteiger charge is -2.19. The van der Waals surface area contributed by atoms with Crippen LogP contribution in [0.4, 0.5) is 0 Å². The van der Waals surface area contributed by atoms with E-state index in [4.69, 9.17) is 9.78 Å². The molecule has 4 nitrogen and oxygen atoms in total. The maximum Gasteiger partial charge on any atom is 0.206 e. The van der Waals surface area contributed by atoms with Gasteiger partial charge in [0.15, 0.2) is 0 Å². The van der Waals surface area contributed by atoms with Gasteiger partial charge in [-0.3, -0.25) is 0 Å². The van der Waals surface area contributed by atoms with E-state index in [1.807, 2.05) is 34.6 Å². The number of rotatable bonds is 6. The second-order valence-corrected chi connectivity index (χ2v) is 5.08. The van der Waals surface area contributed by atoms with E-state index in [9.17, 15) is 0 Å². The van der Waals surface area contributed by atoms with E-state index in [1.165, 1.54) is 0 Å². The summed E-state index contributed by atoms with van der Waals surface area (Å²) in [5.74, 6) is 0. The molecule has 0 aromatic rings. The van der Waals surface area contributed by atoms with Crippen LogP contribution in [0.2, 0.25) is 0 Å². The van der Waals surface area contributed by atoms with Gasteiger partial charge in [-0.1, -0.05) is 13.3 Å². The largest absolute Gasteiger partial charge is 0.234 e. The topological polar surface area (TPSA) is 43.2 Å². The van der Waals surface area contributed by atoms with E-state index in [-0.39, 0.29) is 5.54 Å². The monoisotopic (exact) mass is 216 g/mol. The lowest BCUT2D eigenvalue weighted by atomic mass is 10.1. The van der Waals surface area contributed by atoms with Crippen molar-refractivity contribution in [3.8, 4) is 0 Å². The van der Waals surface area contributed by atoms with Crippen LogP contribution >= 0.6 is 0 Å². The molecule has 0 aromatic heterocycles. The first kappa shape index (κ1) is 14.5. The van der Waals surface area contributed by atoms with Gasteiger partial charge in [0, 0.05) is 0 Å². The van der Waals surface area contributed by atoms with Gasteiger partial charge in [-0.25, -0.2) is 9.78 Å². The van der Waals surface area contributed by atoms with Gasteiger partial charge in [0.2, 0.25) is 5.72 Å². The molecular formula is C11H24N2O2. The van der Waals surface area contributed by atoms with Crippen molar-refractivity contribution >= 4 is 0 Å². The number of hydrogen-bond donors (Lipinski definition) is 0. The summed E-state index contributed by atoms with van der Waals surface area (Å²) in [4.78, 5) is 10.2. The maximum atomic E-state index is 5.17. The van der Waals surface area contributed by atoms with Crippen LogP contribution in [-0.4, -0.2) is 17.9 Å². The normalized spacial score (nSPS) is 13.7. The Balaban J connectivity index is 3.91. The Morgan fingerprint density at radius 2 is 1.60 bits per heavy atom. The van der Waals surface area contributed by atoms with Gasteiger partial charge in [-0.05, 0) is 41.0 Å². The maximum absolute atomic E-state index is 5.17. The molecule has 0 amide bonds. The molecule has 0 saturated heterocycles. The lowest BCUT2D eigenvalue weighted by Crippen LogP contribution is -2.23. The zero-order valence-electron chi connectivity index (χ0n) is 10.8. The van der Waals surface area contributed by atoms with Crippen LogP contribution in [0.3, 0.4) is 0 Å². The standard InChI is InChI=1S/C11H24N2O2/c1-7-8-9-14-15-11(5,6)13-12-10(2,3)4/h7-9H2,1-6H3. The molecule has 0 atom stereocenters. The average Bonchev–Trinajstić information content (AvgIpc) is 2.09. The minimum atomic E-state index is -0.707. The highest BCUT2D eigenvalue weighted by Gasteiger charge is 2.20. The zero-order valence-corrected chi connectivity index (χ0v) is 10.8. The van der Waals surface area contributed by atoms with Gasteiger partial charge >= 0.3 is 0 Å². The summed E-state index contributed by atoms with van der Waals surface area (Å²) in [6.45, 7) is 12.3. The highest BCUT2D eigenvalue weighted by Crippen LogP contribution is 2.16. The number of hydrogen-bond acceptors (Lipinski definition) is 4. The Labute approximate surface area is 93.0 Å². The molecule has 0 unspecified atom stereocenters. The number of azo groups is 1. The van der Waals surface area contributed by atoms with Crippen LogP contribution in [0.1, 0.15) is 54.4 Å². The van der Waals surface area contributed by atoms with Gasteiger partial charge < -0.3 is 0 Å². The van der Waals surface area contributed by atoms with Crippen molar-refractivity contribution in [3.05, 3.63) is 0 Å². The highest BCUT2D eigenvalue weighted by atomic mass is 17.2. The van der Waals surface area contributed by atoms with Crippen LogP contribution in [-0.2, 0) is 9.78 Å². The molecule has 0 aliphatic heterocycles. The Kier molecular flexibility index (Phi) is 5.98. The van der Waals surface area contributed by atoms with Crippen molar-refractivity contribution in [1.29, 1.82) is 0 Å². The molecule has 0 fully saturated rings. The summed E-state index contributed by atoms with van der Waals surface area (Å²) in [6, 6.07) is 0. The van der Waals surface area contributed by atoms with Crippen molar-refractivity contribution in [3.63, 3.8) is 0 Å². The SMILES string of the molecule is CCCCOOC(C)(C)N=NC(C)(C)C. The molecule has 0 rings (SSSR count). The van der Waals surface area contributed by atoms with Gasteiger partial charge in [-0.2, -0.15) is 10.2 Å². The summed E-state index contributed by atoms with van der Waals surface area (Å²) in [5, 5.41) is 8.25. The molecule has 0 radical (unpaired) electrons. The van der Waals surface area contributed by atoms with E-state index in [1.54, 1.807) is 0 Å². The van der Waals surface area contributed by atoms with E-state index >= 15 is 0 Å². The molecule has 4 heteroatoms. The molecule has 0 spiro atoms. The molecule has 0 aliphatic carbocycles. The smallest absolute Gasteiger partial charge is 0.206 e. The van der Waals surface area contributed by atoms with E-state index in [2.05, 4.69) is 17.2 Å². The van der Waals surface area contributed by atoms with E-state index in [0.29, 0.717) is 6.61 Å². The first-order chi connectivity index (χ1) is 6.77. The predicted molar refractivity (Wildman–Crippen MR) is 60.6 cm³/mol. The molecule has 0 aromatic carbocycles. The Hall–Kier alpha value is -0.480. The van der Waals surface area contributed by atoms with E-state index < -0.39 is 5.72 Å². The number of nitrogens with zero attached hydrogens (tertiary/aromatic N) is 2. The molecule has 90 valence electrons. The van der Waals surface area contributed by atoms with E-state index in [0.717, 1.165) is 12.8 Å². The fourth-order valence-electron chi connectivity index (χ4n) is 0.676. The van der Waals surface area contributed by atoms with Crippen LogP contribution < -0.4 is 0 Å². The molecule has 0 N–H and O–H groups in total. The van der Waals surface area contributed by atoms with Crippen molar-refractivity contribution in [2.75, 3.05) is 6.61 Å². The summed E-state index contributed by atoms with van der Waals surface area (Å²) >= 11 is 0. The molecule has 15 heavy (non-hydrogen) atoms. The fourth-order valence-corrected chi connectivity index (χ4v) is 0.676. The zero-order chi connectivity index (χ0) is 11.9. The Bertz CT molecular complexity index is 195. The van der Waals surface area contributed by atoms with Gasteiger partial charge in [0.25, 0.3) is 0 Å². The molecular weight excluding hydrogens is 192 g/mol. The second kappa shape index (κ2) is 6.18. The fraction of sp³-hybridized carbons (Fsp3) is 1.00. The third-order valence-corrected chi connectivity index (χ3v) is 1.43. The number of unbranched alkanes of at least 4 members (excludes halogenated alkanes) is 1. The van der Waals surface area contributed by atoms with Crippen molar-refractivity contribution in [2.24, 2.45) is 10.2 Å². The molecule has 0 bridgehead atoms. The predicted octanol–water partition coefficient (Wildman–Crippen LogP) is 3.72. The Morgan fingerprint density at radius 1 is 1.00 bits per heavy atom. The summed E-state index contributed by atoms with van der Waals surface area (Å²) in [5.41, 5.74) is -0.884. The average molecular weight is 216 g/mol. The van der Waals surface area contributed by atoms with Crippen LogP contribution in [0.15, 0.2) is 10.2 Å². The first-order valence-corrected chi connectivity index (χ1v) is 5.51. The van der Waals surface area contributed by atoms with Crippen LogP contribution in [0.5, 0.6) is 0 Å². The summed E-state index contributed by atoms with van der Waals surface area (Å²) in [6.07, 6.45) is 2.08. The van der Waals surface area contributed by atoms with Gasteiger partial charge in [0.05, 0.1) is 12.1 Å².